The highest BCUT2D eigenvalue weighted by molar-refractivity contribution is 6.23. The van der Waals surface area contributed by atoms with Gasteiger partial charge in [0.25, 0.3) is 5.91 Å². The Kier molecular flexibility index (Phi) is 7.24. The topological polar surface area (TPSA) is 77.5 Å². The van der Waals surface area contributed by atoms with Crippen LogP contribution >= 0.6 is 0 Å². The van der Waals surface area contributed by atoms with Crippen molar-refractivity contribution >= 4 is 17.6 Å². The molecule has 172 valence electrons. The van der Waals surface area contributed by atoms with Crippen LogP contribution in [-0.2, 0) is 23.9 Å². The van der Waals surface area contributed by atoms with Gasteiger partial charge in [-0.05, 0) is 57.2 Å². The number of hydrogen-bond acceptors (Lipinski definition) is 7. The van der Waals surface area contributed by atoms with Gasteiger partial charge < -0.3 is 14.3 Å². The molecule has 0 aromatic heterocycles. The minimum Gasteiger partial charge on any atom is -0.434 e. The minimum atomic E-state index is -1.01. The van der Waals surface area contributed by atoms with E-state index < -0.39 is 11.7 Å². The molecule has 0 aliphatic carbocycles. The predicted molar refractivity (Wildman–Crippen MR) is 118 cm³/mol. The monoisotopic (exact) mass is 442 g/mol. The highest BCUT2D eigenvalue weighted by Gasteiger charge is 2.57. The molecule has 0 unspecified atom stereocenters. The van der Waals surface area contributed by atoms with Gasteiger partial charge in [-0.25, -0.2) is 9.86 Å². The number of terminal acetylenes is 1. The van der Waals surface area contributed by atoms with Crippen LogP contribution in [-0.4, -0.2) is 61.1 Å². The lowest BCUT2D eigenvalue weighted by atomic mass is 9.84. The zero-order valence-corrected chi connectivity index (χ0v) is 19.3. The van der Waals surface area contributed by atoms with Crippen LogP contribution in [0.1, 0.15) is 42.0 Å². The number of carbonyl (C=O) groups excluding carboxylic acids is 2. The van der Waals surface area contributed by atoms with Crippen LogP contribution in [0.4, 0.5) is 4.79 Å². The summed E-state index contributed by atoms with van der Waals surface area (Å²) in [7, 11) is 1.60. The Balaban J connectivity index is 2.22. The number of ether oxygens (including phenoxy) is 2. The second-order valence-corrected chi connectivity index (χ2v) is 7.98. The summed E-state index contributed by atoms with van der Waals surface area (Å²) in [5.74, 6) is 2.27. The average molecular weight is 443 g/mol. The highest BCUT2D eigenvalue weighted by atomic mass is 16.7. The molecule has 3 rings (SSSR count). The van der Waals surface area contributed by atoms with Gasteiger partial charge in [-0.15, -0.1) is 6.42 Å². The molecule has 2 aliphatic rings. The number of hydrogen-bond donors (Lipinski definition) is 0. The van der Waals surface area contributed by atoms with Crippen molar-refractivity contribution in [1.82, 2.24) is 10.1 Å². The Morgan fingerprint density at radius 1 is 1.19 bits per heavy atom. The second-order valence-electron chi connectivity index (χ2n) is 7.98. The molecule has 0 N–H and O–H groups in total. The second kappa shape index (κ2) is 9.74. The smallest absolute Gasteiger partial charge is 0.434 e. The lowest BCUT2D eigenvalue weighted by Gasteiger charge is -2.43. The van der Waals surface area contributed by atoms with E-state index in [4.69, 9.17) is 25.6 Å². The van der Waals surface area contributed by atoms with Crippen LogP contribution in [0, 0.1) is 33.1 Å². The van der Waals surface area contributed by atoms with Crippen molar-refractivity contribution < 1.29 is 28.7 Å². The summed E-state index contributed by atoms with van der Waals surface area (Å²) in [6.07, 6.45) is 5.42. The first-order valence-corrected chi connectivity index (χ1v) is 10.7. The quantitative estimate of drug-likeness (QED) is 0.494. The van der Waals surface area contributed by atoms with Gasteiger partial charge in [-0.2, -0.15) is 5.06 Å². The Hall–Kier alpha value is -2.86. The summed E-state index contributed by atoms with van der Waals surface area (Å²) < 4.78 is 10.8. The number of aryl methyl sites for hydroxylation is 3. The lowest BCUT2D eigenvalue weighted by Crippen LogP contribution is -2.55. The summed E-state index contributed by atoms with van der Waals surface area (Å²) in [5.41, 5.74) is 2.90. The van der Waals surface area contributed by atoms with Crippen LogP contribution in [0.5, 0.6) is 0 Å². The van der Waals surface area contributed by atoms with Gasteiger partial charge in [0.2, 0.25) is 0 Å². The molecule has 1 spiro atoms. The Morgan fingerprint density at radius 3 is 2.34 bits per heavy atom. The number of nitrogens with zero attached hydrogens (tertiary/aromatic N) is 2. The maximum absolute atomic E-state index is 13.8. The fourth-order valence-corrected chi connectivity index (χ4v) is 4.64. The van der Waals surface area contributed by atoms with E-state index in [-0.39, 0.29) is 24.9 Å². The number of benzene rings is 1. The maximum Gasteiger partial charge on any atom is 0.513 e. The van der Waals surface area contributed by atoms with Crippen molar-refractivity contribution in [1.29, 1.82) is 0 Å². The van der Waals surface area contributed by atoms with Crippen molar-refractivity contribution in [2.45, 2.75) is 46.1 Å². The summed E-state index contributed by atoms with van der Waals surface area (Å²) in [6, 6.07) is 3.99. The SMILES string of the molecule is C#CCON1C(=O)C(c2c(C)cc(C)cc2C)=C(OC(=O)OCC)C12CCN(OC)CC2. The molecule has 0 bridgehead atoms. The van der Waals surface area contributed by atoms with E-state index in [0.29, 0.717) is 31.5 Å². The fraction of sp³-hybridized carbons (Fsp3) is 0.500. The lowest BCUT2D eigenvalue weighted by molar-refractivity contribution is -0.227. The molecule has 32 heavy (non-hydrogen) atoms. The molecule has 1 saturated heterocycles. The zero-order chi connectivity index (χ0) is 23.5. The third kappa shape index (κ3) is 4.24. The first-order chi connectivity index (χ1) is 15.3. The Labute approximate surface area is 189 Å². The largest absolute Gasteiger partial charge is 0.513 e. The van der Waals surface area contributed by atoms with Crippen molar-refractivity contribution in [2.24, 2.45) is 0 Å². The first kappa shape index (κ1) is 23.8. The third-order valence-corrected chi connectivity index (χ3v) is 5.90. The van der Waals surface area contributed by atoms with Gasteiger partial charge in [0, 0.05) is 13.1 Å². The van der Waals surface area contributed by atoms with Crippen molar-refractivity contribution in [2.75, 3.05) is 33.4 Å². The van der Waals surface area contributed by atoms with E-state index in [1.807, 2.05) is 32.9 Å². The number of rotatable bonds is 6. The van der Waals surface area contributed by atoms with E-state index >= 15 is 0 Å². The zero-order valence-electron chi connectivity index (χ0n) is 19.3. The molecule has 0 atom stereocenters. The maximum atomic E-state index is 13.8. The summed E-state index contributed by atoms with van der Waals surface area (Å²) in [4.78, 5) is 37.4. The molecule has 1 aromatic rings. The fourth-order valence-electron chi connectivity index (χ4n) is 4.64. The first-order valence-electron chi connectivity index (χ1n) is 10.7. The van der Waals surface area contributed by atoms with Gasteiger partial charge in [0.05, 0.1) is 19.3 Å². The molecule has 1 aromatic carbocycles. The molecule has 1 fully saturated rings. The van der Waals surface area contributed by atoms with E-state index in [2.05, 4.69) is 5.92 Å². The number of piperidine rings is 1. The van der Waals surface area contributed by atoms with Crippen LogP contribution in [0.15, 0.2) is 17.9 Å². The van der Waals surface area contributed by atoms with Crippen LogP contribution in [0.2, 0.25) is 0 Å². The number of amides is 1. The Bertz CT molecular complexity index is 946. The molecule has 8 nitrogen and oxygen atoms in total. The normalized spacial score (nSPS) is 18.2. The molecule has 2 heterocycles. The minimum absolute atomic E-state index is 0.0900. The highest BCUT2D eigenvalue weighted by Crippen LogP contribution is 2.48. The van der Waals surface area contributed by atoms with E-state index in [0.717, 1.165) is 22.3 Å². The van der Waals surface area contributed by atoms with Crippen LogP contribution in [0.3, 0.4) is 0 Å². The standard InChI is InChI=1S/C24H30N2O6/c1-7-13-31-26-22(27)20(19-17(4)14-16(3)15-18(19)5)21(32-23(28)30-8-2)24(26)9-11-25(29-6)12-10-24/h1,14-15H,8-13H2,2-6H3. The molecule has 0 radical (unpaired) electrons. The predicted octanol–water partition coefficient (Wildman–Crippen LogP) is 3.30. The average Bonchev–Trinajstić information content (AvgIpc) is 2.94. The van der Waals surface area contributed by atoms with Gasteiger partial charge in [-0.1, -0.05) is 23.6 Å². The summed E-state index contributed by atoms with van der Waals surface area (Å²) >= 11 is 0. The molecule has 0 saturated carbocycles. The van der Waals surface area contributed by atoms with E-state index in [1.54, 1.807) is 19.1 Å². The molecular weight excluding hydrogens is 412 g/mol. The molecule has 1 amide bonds. The van der Waals surface area contributed by atoms with Crippen molar-refractivity contribution in [3.8, 4) is 12.3 Å². The van der Waals surface area contributed by atoms with E-state index in [1.165, 1.54) is 5.06 Å². The van der Waals surface area contributed by atoms with Gasteiger partial charge in [-0.3, -0.25) is 9.63 Å². The Morgan fingerprint density at radius 2 is 1.81 bits per heavy atom. The van der Waals surface area contributed by atoms with Gasteiger partial charge >= 0.3 is 6.16 Å². The van der Waals surface area contributed by atoms with Gasteiger partial charge in [0.1, 0.15) is 12.1 Å². The molecule has 8 heteroatoms. The van der Waals surface area contributed by atoms with Crippen LogP contribution in [0.25, 0.3) is 5.57 Å². The molecular formula is C24H30N2O6. The van der Waals surface area contributed by atoms with Crippen LogP contribution < -0.4 is 0 Å². The number of carbonyl (C=O) groups is 2. The van der Waals surface area contributed by atoms with Crippen molar-refractivity contribution in [3.63, 3.8) is 0 Å². The summed E-state index contributed by atoms with van der Waals surface area (Å²) in [5, 5.41) is 3.08. The van der Waals surface area contributed by atoms with Crippen molar-refractivity contribution in [3.05, 3.63) is 40.1 Å². The summed E-state index contributed by atoms with van der Waals surface area (Å²) in [6.45, 7) is 8.64. The van der Waals surface area contributed by atoms with E-state index in [9.17, 15) is 9.59 Å². The number of hydroxylamine groups is 4. The third-order valence-electron chi connectivity index (χ3n) is 5.90. The van der Waals surface area contributed by atoms with Gasteiger partial charge in [0.15, 0.2) is 5.76 Å². The molecule has 2 aliphatic heterocycles.